The molecule has 0 heterocycles. The summed E-state index contributed by atoms with van der Waals surface area (Å²) >= 11 is 0. The summed E-state index contributed by atoms with van der Waals surface area (Å²) in [6, 6.07) is 19.7. The molecule has 0 spiro atoms. The zero-order valence-corrected chi connectivity index (χ0v) is 25.7. The van der Waals surface area contributed by atoms with Crippen molar-refractivity contribution in [3.05, 3.63) is 153 Å². The Bertz CT molecular complexity index is 1800. The Kier molecular flexibility index (Phi) is 10.1. The van der Waals surface area contributed by atoms with E-state index in [2.05, 4.69) is 0 Å². The van der Waals surface area contributed by atoms with E-state index in [0.29, 0.717) is 43.4 Å². The van der Waals surface area contributed by atoms with Crippen molar-refractivity contribution in [3.8, 4) is 0 Å². The fraction of sp³-hybridized carbons (Fsp3) is 0.256. The van der Waals surface area contributed by atoms with Gasteiger partial charge in [0.15, 0.2) is 11.6 Å². The fourth-order valence-electron chi connectivity index (χ4n) is 6.45. The van der Waals surface area contributed by atoms with Crippen molar-refractivity contribution in [3.63, 3.8) is 0 Å². The number of carbonyl (C=O) groups is 3. The number of rotatable bonds is 12. The average molecular weight is 627 g/mol. The van der Waals surface area contributed by atoms with Gasteiger partial charge in [-0.15, -0.1) is 0 Å². The zero-order chi connectivity index (χ0) is 33.0. The largest absolute Gasteiger partial charge is 0.299 e. The summed E-state index contributed by atoms with van der Waals surface area (Å²) in [7, 11) is 0. The fourth-order valence-corrected chi connectivity index (χ4v) is 6.45. The number of hydrogen-bond acceptors (Lipinski definition) is 3. The molecular weight excluding hydrogens is 592 g/mol. The standard InChI is InChI=1S/C39H34F4O3/c1-3-31-25(13-16-30(44)18-23-7-5-9-26(17-23)37(45)4-2)8-6-10-32(31)33-19-27(24-11-14-28(40)15-12-24)20-34(33)39(46)38-35(42)21-29(41)22-36(38)43/h5-12,14-15,17,20-22,27,33H,3-4,13,16,18-19H2,1-2H3. The second kappa shape index (κ2) is 14.2. The van der Waals surface area contributed by atoms with Crippen LogP contribution in [0.1, 0.15) is 93.5 Å². The summed E-state index contributed by atoms with van der Waals surface area (Å²) in [5.41, 5.74) is 4.16. The van der Waals surface area contributed by atoms with Crippen molar-refractivity contribution >= 4 is 17.3 Å². The second-order valence-electron chi connectivity index (χ2n) is 11.7. The molecule has 0 radical (unpaired) electrons. The SMILES string of the molecule is CCC(=O)c1cccc(CC(=O)CCc2cccc(C3CC(c4ccc(F)cc4)C=C3C(=O)c3c(F)cc(F)cc3F)c2CC)c1. The van der Waals surface area contributed by atoms with Crippen LogP contribution in [0.15, 0.2) is 90.5 Å². The first-order chi connectivity index (χ1) is 22.1. The molecule has 4 aromatic carbocycles. The number of carbonyl (C=O) groups excluding carboxylic acids is 3. The van der Waals surface area contributed by atoms with Gasteiger partial charge in [0.05, 0.1) is 5.56 Å². The van der Waals surface area contributed by atoms with Crippen LogP contribution in [0.2, 0.25) is 0 Å². The van der Waals surface area contributed by atoms with Gasteiger partial charge in [-0.1, -0.05) is 68.5 Å². The number of ketones is 3. The second-order valence-corrected chi connectivity index (χ2v) is 11.7. The maximum atomic E-state index is 14.8. The number of benzene rings is 4. The van der Waals surface area contributed by atoms with Gasteiger partial charge < -0.3 is 0 Å². The van der Waals surface area contributed by atoms with Crippen LogP contribution in [-0.4, -0.2) is 17.3 Å². The predicted octanol–water partition coefficient (Wildman–Crippen LogP) is 9.22. The number of hydrogen-bond donors (Lipinski definition) is 0. The topological polar surface area (TPSA) is 51.2 Å². The highest BCUT2D eigenvalue weighted by Crippen LogP contribution is 2.46. The molecule has 2 unspecified atom stereocenters. The number of Topliss-reactive ketones (excluding diaryl/α,β-unsaturated/α-hetero) is 3. The first-order valence-corrected chi connectivity index (χ1v) is 15.5. The van der Waals surface area contributed by atoms with E-state index in [1.165, 1.54) is 12.1 Å². The minimum Gasteiger partial charge on any atom is -0.299 e. The van der Waals surface area contributed by atoms with Crippen molar-refractivity contribution < 1.29 is 31.9 Å². The molecule has 0 saturated carbocycles. The van der Waals surface area contributed by atoms with E-state index < -0.39 is 40.5 Å². The molecule has 0 saturated heterocycles. The minimum absolute atomic E-state index is 0.0174. The Labute approximate surface area is 266 Å². The highest BCUT2D eigenvalue weighted by molar-refractivity contribution is 6.10. The first kappa shape index (κ1) is 32.7. The smallest absolute Gasteiger partial charge is 0.195 e. The maximum absolute atomic E-state index is 14.8. The Hall–Kier alpha value is -4.65. The van der Waals surface area contributed by atoms with Gasteiger partial charge >= 0.3 is 0 Å². The molecule has 0 amide bonds. The van der Waals surface area contributed by atoms with E-state index >= 15 is 0 Å². The van der Waals surface area contributed by atoms with Gasteiger partial charge in [-0.25, -0.2) is 17.6 Å². The summed E-state index contributed by atoms with van der Waals surface area (Å²) < 4.78 is 57.0. The van der Waals surface area contributed by atoms with Gasteiger partial charge in [0.25, 0.3) is 0 Å². The Morgan fingerprint density at radius 2 is 1.50 bits per heavy atom. The van der Waals surface area contributed by atoms with E-state index in [-0.39, 0.29) is 35.9 Å². The molecule has 1 aliphatic carbocycles. The molecule has 236 valence electrons. The van der Waals surface area contributed by atoms with Crippen molar-refractivity contribution in [1.29, 1.82) is 0 Å². The van der Waals surface area contributed by atoms with Gasteiger partial charge in [0.2, 0.25) is 0 Å². The van der Waals surface area contributed by atoms with Gasteiger partial charge in [-0.2, -0.15) is 0 Å². The van der Waals surface area contributed by atoms with Crippen LogP contribution in [0.3, 0.4) is 0 Å². The van der Waals surface area contributed by atoms with E-state index in [0.717, 1.165) is 27.8 Å². The molecule has 46 heavy (non-hydrogen) atoms. The molecule has 0 bridgehead atoms. The van der Waals surface area contributed by atoms with Crippen LogP contribution < -0.4 is 0 Å². The average Bonchev–Trinajstić information content (AvgIpc) is 3.48. The molecule has 3 nitrogen and oxygen atoms in total. The van der Waals surface area contributed by atoms with Crippen LogP contribution in [0.4, 0.5) is 17.6 Å². The lowest BCUT2D eigenvalue weighted by atomic mass is 9.81. The number of allylic oxidation sites excluding steroid dienone is 2. The molecule has 0 aliphatic heterocycles. The normalized spacial score (nSPS) is 15.9. The molecule has 5 rings (SSSR count). The van der Waals surface area contributed by atoms with Gasteiger partial charge in [-0.05, 0) is 65.3 Å². The van der Waals surface area contributed by atoms with E-state index in [1.54, 1.807) is 43.3 Å². The van der Waals surface area contributed by atoms with E-state index in [9.17, 15) is 31.9 Å². The molecule has 1 aliphatic rings. The molecule has 7 heteroatoms. The van der Waals surface area contributed by atoms with Crippen LogP contribution in [-0.2, 0) is 24.1 Å². The van der Waals surface area contributed by atoms with E-state index in [1.807, 2.05) is 31.2 Å². The Balaban J connectivity index is 1.44. The number of halogens is 4. The summed E-state index contributed by atoms with van der Waals surface area (Å²) in [6.45, 7) is 3.76. The molecule has 0 N–H and O–H groups in total. The third-order valence-electron chi connectivity index (χ3n) is 8.72. The Morgan fingerprint density at radius 1 is 0.804 bits per heavy atom. The van der Waals surface area contributed by atoms with Crippen molar-refractivity contribution in [2.45, 2.75) is 64.2 Å². The monoisotopic (exact) mass is 626 g/mol. The maximum Gasteiger partial charge on any atom is 0.195 e. The van der Waals surface area contributed by atoms with Crippen LogP contribution >= 0.6 is 0 Å². The summed E-state index contributed by atoms with van der Waals surface area (Å²) in [5.74, 6) is -5.79. The summed E-state index contributed by atoms with van der Waals surface area (Å²) in [4.78, 5) is 38.9. The molecule has 0 fully saturated rings. The van der Waals surface area contributed by atoms with Crippen LogP contribution in [0, 0.1) is 23.3 Å². The quantitative estimate of drug-likeness (QED) is 0.116. The Morgan fingerprint density at radius 3 is 2.17 bits per heavy atom. The lowest BCUT2D eigenvalue weighted by molar-refractivity contribution is -0.118. The van der Waals surface area contributed by atoms with E-state index in [4.69, 9.17) is 0 Å². The van der Waals surface area contributed by atoms with Gasteiger partial charge in [0.1, 0.15) is 29.1 Å². The van der Waals surface area contributed by atoms with Crippen LogP contribution in [0.5, 0.6) is 0 Å². The lowest BCUT2D eigenvalue weighted by Gasteiger charge is -2.22. The van der Waals surface area contributed by atoms with Crippen molar-refractivity contribution in [2.75, 3.05) is 0 Å². The predicted molar refractivity (Wildman–Crippen MR) is 169 cm³/mol. The highest BCUT2D eigenvalue weighted by atomic mass is 19.1. The molecule has 0 aromatic heterocycles. The van der Waals surface area contributed by atoms with Crippen molar-refractivity contribution in [2.24, 2.45) is 0 Å². The highest BCUT2D eigenvalue weighted by Gasteiger charge is 2.36. The molecule has 4 aromatic rings. The molecule has 2 atom stereocenters. The zero-order valence-electron chi connectivity index (χ0n) is 25.7. The molecular formula is C39H34F4O3. The summed E-state index contributed by atoms with van der Waals surface area (Å²) in [6.07, 6.45) is 3.96. The first-order valence-electron chi connectivity index (χ1n) is 15.5. The minimum atomic E-state index is -1.28. The summed E-state index contributed by atoms with van der Waals surface area (Å²) in [5, 5.41) is 0. The van der Waals surface area contributed by atoms with Gasteiger partial charge in [-0.3, -0.25) is 14.4 Å². The number of aryl methyl sites for hydroxylation is 1. The van der Waals surface area contributed by atoms with Gasteiger partial charge in [0, 0.05) is 54.4 Å². The third-order valence-corrected chi connectivity index (χ3v) is 8.72. The lowest BCUT2D eigenvalue weighted by Crippen LogP contribution is -2.15. The van der Waals surface area contributed by atoms with Crippen molar-refractivity contribution in [1.82, 2.24) is 0 Å². The van der Waals surface area contributed by atoms with Crippen LogP contribution in [0.25, 0.3) is 0 Å². The third kappa shape index (κ3) is 7.09.